The Kier molecular flexibility index (Phi) is 4.65. The number of hydrogen-bond acceptors (Lipinski definition) is 6. The summed E-state index contributed by atoms with van der Waals surface area (Å²) in [5, 5.41) is 3.11. The first kappa shape index (κ1) is 17.9. The van der Waals surface area contributed by atoms with Crippen molar-refractivity contribution in [3.63, 3.8) is 0 Å². The molecule has 0 aliphatic carbocycles. The molecule has 0 radical (unpaired) electrons. The van der Waals surface area contributed by atoms with Crippen LogP contribution in [-0.4, -0.2) is 43.6 Å². The van der Waals surface area contributed by atoms with Crippen molar-refractivity contribution in [2.45, 2.75) is 6.92 Å². The number of carbonyl (C=O) groups is 2. The highest BCUT2D eigenvalue weighted by molar-refractivity contribution is 6.36. The Hall–Kier alpha value is -3.48. The first-order valence-corrected chi connectivity index (χ1v) is 9.04. The second kappa shape index (κ2) is 7.26. The van der Waals surface area contributed by atoms with Gasteiger partial charge in [-0.15, -0.1) is 0 Å². The van der Waals surface area contributed by atoms with Crippen LogP contribution in [0.15, 0.2) is 48.2 Å². The number of rotatable bonds is 5. The quantitative estimate of drug-likeness (QED) is 0.804. The topological polar surface area (TPSA) is 77.1 Å². The molecule has 0 saturated heterocycles. The number of carbonyl (C=O) groups excluding carboxylic acids is 2. The minimum Gasteiger partial charge on any atom is -0.497 e. The van der Waals surface area contributed by atoms with Gasteiger partial charge in [-0.2, -0.15) is 0 Å². The summed E-state index contributed by atoms with van der Waals surface area (Å²) in [4.78, 5) is 26.9. The zero-order valence-corrected chi connectivity index (χ0v) is 15.7. The molecule has 2 amide bonds. The number of nitrogens with zero attached hydrogens (tertiary/aromatic N) is 1. The van der Waals surface area contributed by atoms with Crippen molar-refractivity contribution >= 4 is 23.1 Å². The first-order chi connectivity index (χ1) is 13.6. The van der Waals surface area contributed by atoms with Gasteiger partial charge in [-0.3, -0.25) is 14.5 Å². The zero-order chi connectivity index (χ0) is 19.7. The van der Waals surface area contributed by atoms with E-state index in [1.54, 1.807) is 56.5 Å². The summed E-state index contributed by atoms with van der Waals surface area (Å²) in [5.74, 6) is 1.26. The van der Waals surface area contributed by atoms with E-state index in [4.69, 9.17) is 14.2 Å². The van der Waals surface area contributed by atoms with Gasteiger partial charge in [0.25, 0.3) is 11.8 Å². The molecule has 7 heteroatoms. The van der Waals surface area contributed by atoms with Gasteiger partial charge in [-0.1, -0.05) is 12.1 Å². The number of imide groups is 1. The van der Waals surface area contributed by atoms with Crippen LogP contribution in [0.25, 0.3) is 5.57 Å². The van der Waals surface area contributed by atoms with Gasteiger partial charge in [0.2, 0.25) is 0 Å². The molecule has 0 bridgehead atoms. The summed E-state index contributed by atoms with van der Waals surface area (Å²) >= 11 is 0. The largest absolute Gasteiger partial charge is 0.497 e. The van der Waals surface area contributed by atoms with Gasteiger partial charge in [-0.05, 0) is 36.8 Å². The van der Waals surface area contributed by atoms with E-state index in [2.05, 4.69) is 5.32 Å². The lowest BCUT2D eigenvalue weighted by Gasteiger charge is -2.19. The molecule has 0 saturated carbocycles. The van der Waals surface area contributed by atoms with Gasteiger partial charge < -0.3 is 19.5 Å². The first-order valence-electron chi connectivity index (χ1n) is 9.04. The van der Waals surface area contributed by atoms with Crippen molar-refractivity contribution < 1.29 is 23.8 Å². The van der Waals surface area contributed by atoms with Gasteiger partial charge in [0.1, 0.15) is 24.7 Å². The van der Waals surface area contributed by atoms with Gasteiger partial charge >= 0.3 is 0 Å². The Labute approximate surface area is 162 Å². The van der Waals surface area contributed by atoms with Crippen LogP contribution in [0, 0.1) is 0 Å². The van der Waals surface area contributed by atoms with Crippen LogP contribution >= 0.6 is 0 Å². The van der Waals surface area contributed by atoms with Crippen LogP contribution in [0.3, 0.4) is 0 Å². The third kappa shape index (κ3) is 3.05. The van der Waals surface area contributed by atoms with E-state index in [0.29, 0.717) is 53.8 Å². The van der Waals surface area contributed by atoms with E-state index in [1.807, 2.05) is 0 Å². The van der Waals surface area contributed by atoms with Crippen LogP contribution < -0.4 is 19.5 Å². The fourth-order valence-electron chi connectivity index (χ4n) is 3.27. The Balaban J connectivity index is 1.74. The van der Waals surface area contributed by atoms with Crippen molar-refractivity contribution in [1.82, 2.24) is 4.90 Å². The molecule has 144 valence electrons. The smallest absolute Gasteiger partial charge is 0.278 e. The monoisotopic (exact) mass is 380 g/mol. The minimum atomic E-state index is -0.354. The molecule has 2 aromatic carbocycles. The normalized spacial score (nSPS) is 15.9. The Morgan fingerprint density at radius 3 is 2.39 bits per heavy atom. The zero-order valence-electron chi connectivity index (χ0n) is 15.7. The molecule has 0 fully saturated rings. The summed E-state index contributed by atoms with van der Waals surface area (Å²) < 4.78 is 16.3. The molecule has 2 aliphatic rings. The highest BCUT2D eigenvalue weighted by Crippen LogP contribution is 2.35. The molecule has 7 nitrogen and oxygen atoms in total. The average molecular weight is 380 g/mol. The third-order valence-electron chi connectivity index (χ3n) is 4.67. The molecule has 2 aliphatic heterocycles. The summed E-state index contributed by atoms with van der Waals surface area (Å²) in [5.41, 5.74) is 1.87. The SMILES string of the molecule is CCN1C(=O)C(Nc2ccc3c(c2)OCCO3)=C(c2ccc(OC)cc2)C1=O. The minimum absolute atomic E-state index is 0.244. The predicted molar refractivity (Wildman–Crippen MR) is 103 cm³/mol. The van der Waals surface area contributed by atoms with Gasteiger partial charge in [0.05, 0.1) is 12.7 Å². The number of methoxy groups -OCH3 is 1. The number of fused-ring (bicyclic) bond motifs is 1. The molecule has 4 rings (SSSR count). The summed E-state index contributed by atoms with van der Waals surface area (Å²) in [6, 6.07) is 12.4. The molecule has 1 N–H and O–H groups in total. The number of hydrogen-bond donors (Lipinski definition) is 1. The number of benzene rings is 2. The maximum Gasteiger partial charge on any atom is 0.278 e. The third-order valence-corrected chi connectivity index (χ3v) is 4.67. The van der Waals surface area contributed by atoms with Crippen LogP contribution in [0.1, 0.15) is 12.5 Å². The molecule has 28 heavy (non-hydrogen) atoms. The standard InChI is InChI=1S/C21H20N2O5/c1-3-23-20(24)18(13-4-7-15(26-2)8-5-13)19(21(23)25)22-14-6-9-16-17(12-14)28-11-10-27-16/h4-9,12,22H,3,10-11H2,1-2H3. The van der Waals surface area contributed by atoms with Crippen molar-refractivity contribution in [2.75, 3.05) is 32.2 Å². The van der Waals surface area contributed by atoms with Gasteiger partial charge in [0, 0.05) is 18.3 Å². The van der Waals surface area contributed by atoms with E-state index in [9.17, 15) is 9.59 Å². The van der Waals surface area contributed by atoms with Crippen LogP contribution in [0.2, 0.25) is 0 Å². The second-order valence-electron chi connectivity index (χ2n) is 6.32. The fourth-order valence-corrected chi connectivity index (χ4v) is 3.27. The Bertz CT molecular complexity index is 965. The van der Waals surface area contributed by atoms with Gasteiger partial charge in [0.15, 0.2) is 11.5 Å². The van der Waals surface area contributed by atoms with Crippen molar-refractivity contribution in [1.29, 1.82) is 0 Å². The highest BCUT2D eigenvalue weighted by Gasteiger charge is 2.38. The second-order valence-corrected chi connectivity index (χ2v) is 6.32. The number of amides is 2. The van der Waals surface area contributed by atoms with E-state index >= 15 is 0 Å². The Morgan fingerprint density at radius 2 is 1.71 bits per heavy atom. The molecular formula is C21H20N2O5. The molecule has 0 spiro atoms. The van der Waals surface area contributed by atoms with Crippen LogP contribution in [0.5, 0.6) is 17.2 Å². The molecule has 2 aromatic rings. The number of nitrogens with one attached hydrogen (secondary N) is 1. The number of anilines is 1. The molecule has 2 heterocycles. The maximum absolute atomic E-state index is 12.9. The van der Waals surface area contributed by atoms with Crippen molar-refractivity contribution in [3.8, 4) is 17.2 Å². The fraction of sp³-hybridized carbons (Fsp3) is 0.238. The van der Waals surface area contributed by atoms with E-state index < -0.39 is 0 Å². The summed E-state index contributed by atoms with van der Waals surface area (Å²) in [6.45, 7) is 3.04. The molecule has 0 unspecified atom stereocenters. The maximum atomic E-state index is 12.9. The molecular weight excluding hydrogens is 360 g/mol. The molecule has 0 aromatic heterocycles. The lowest BCUT2D eigenvalue weighted by atomic mass is 10.0. The van der Waals surface area contributed by atoms with E-state index in [-0.39, 0.29) is 17.5 Å². The van der Waals surface area contributed by atoms with Crippen molar-refractivity contribution in [3.05, 3.63) is 53.7 Å². The van der Waals surface area contributed by atoms with Crippen LogP contribution in [-0.2, 0) is 9.59 Å². The average Bonchev–Trinajstić information content (AvgIpc) is 2.97. The van der Waals surface area contributed by atoms with Crippen molar-refractivity contribution in [2.24, 2.45) is 0 Å². The number of ether oxygens (including phenoxy) is 3. The van der Waals surface area contributed by atoms with E-state index in [0.717, 1.165) is 0 Å². The number of likely N-dealkylation sites (N-methyl/N-ethyl adjacent to an activating group) is 1. The van der Waals surface area contributed by atoms with E-state index in [1.165, 1.54) is 4.90 Å². The summed E-state index contributed by atoms with van der Waals surface area (Å²) in [7, 11) is 1.58. The summed E-state index contributed by atoms with van der Waals surface area (Å²) in [6.07, 6.45) is 0. The highest BCUT2D eigenvalue weighted by atomic mass is 16.6. The predicted octanol–water partition coefficient (Wildman–Crippen LogP) is 2.68. The molecule has 0 atom stereocenters. The lowest BCUT2D eigenvalue weighted by molar-refractivity contribution is -0.136. The van der Waals surface area contributed by atoms with Crippen LogP contribution in [0.4, 0.5) is 5.69 Å². The lowest BCUT2D eigenvalue weighted by Crippen LogP contribution is -2.32. The Morgan fingerprint density at radius 1 is 1.00 bits per heavy atom. The van der Waals surface area contributed by atoms with Gasteiger partial charge in [-0.25, -0.2) is 0 Å².